The highest BCUT2D eigenvalue weighted by Gasteiger charge is 2.39. The van der Waals surface area contributed by atoms with Crippen molar-refractivity contribution in [1.82, 2.24) is 15.5 Å². The van der Waals surface area contributed by atoms with E-state index in [0.717, 1.165) is 0 Å². The van der Waals surface area contributed by atoms with Crippen LogP contribution >= 0.6 is 0 Å². The van der Waals surface area contributed by atoms with E-state index < -0.39 is 30.1 Å². The second-order valence-electron chi connectivity index (χ2n) is 11.4. The summed E-state index contributed by atoms with van der Waals surface area (Å²) >= 11 is 0. The number of fused-ring (bicyclic) bond motifs is 2. The van der Waals surface area contributed by atoms with Crippen LogP contribution in [-0.2, 0) is 19.2 Å². The average molecular weight is 662 g/mol. The first kappa shape index (κ1) is 36.7. The number of nitrogens with zero attached hydrogens (tertiary/aromatic N) is 1. The number of halogens is 3. The van der Waals surface area contributed by atoms with Crippen LogP contribution in [0.1, 0.15) is 71.4 Å². The van der Waals surface area contributed by atoms with E-state index in [-0.39, 0.29) is 35.8 Å². The number of nitrogens with two attached hydrogens (primary N) is 1. The number of carbonyl (C=O) groups excluding carboxylic acids is 5. The molecule has 0 radical (unpaired) electrons. The summed E-state index contributed by atoms with van der Waals surface area (Å²) in [6.45, 7) is 5.02. The first-order valence-corrected chi connectivity index (χ1v) is 15.1. The summed E-state index contributed by atoms with van der Waals surface area (Å²) in [7, 11) is 0. The van der Waals surface area contributed by atoms with Crippen molar-refractivity contribution in [2.75, 3.05) is 31.5 Å². The summed E-state index contributed by atoms with van der Waals surface area (Å²) < 4.78 is 31.7. The van der Waals surface area contributed by atoms with Gasteiger partial charge in [0.25, 0.3) is 0 Å². The minimum absolute atomic E-state index is 0.171. The number of aliphatic carboxylic acids is 1. The smallest absolute Gasteiger partial charge is 0.475 e. The van der Waals surface area contributed by atoms with Crippen LogP contribution in [0.3, 0.4) is 0 Å². The number of ketones is 2. The summed E-state index contributed by atoms with van der Waals surface area (Å²) in [5, 5.41) is 16.0. The lowest BCUT2D eigenvalue weighted by molar-refractivity contribution is -0.192. The van der Waals surface area contributed by atoms with Crippen LogP contribution in [-0.4, -0.2) is 89.7 Å². The van der Waals surface area contributed by atoms with Crippen LogP contribution in [0.2, 0.25) is 0 Å². The van der Waals surface area contributed by atoms with Crippen LogP contribution in [0.15, 0.2) is 42.5 Å². The molecule has 0 saturated carbocycles. The molecule has 47 heavy (non-hydrogen) atoms. The minimum Gasteiger partial charge on any atom is -0.475 e. The zero-order valence-electron chi connectivity index (χ0n) is 26.0. The van der Waals surface area contributed by atoms with Gasteiger partial charge >= 0.3 is 12.1 Å². The summed E-state index contributed by atoms with van der Waals surface area (Å²) in [4.78, 5) is 74.7. The molecule has 12 nitrogen and oxygen atoms in total. The normalized spacial score (nSPS) is 16.0. The first-order valence-electron chi connectivity index (χ1n) is 15.1. The monoisotopic (exact) mass is 661 g/mol. The van der Waals surface area contributed by atoms with Crippen LogP contribution in [0.4, 0.5) is 18.9 Å². The van der Waals surface area contributed by atoms with Crippen molar-refractivity contribution in [3.05, 3.63) is 64.7 Å². The molecule has 1 fully saturated rings. The highest BCUT2D eigenvalue weighted by molar-refractivity contribution is 6.30. The number of carbonyl (C=O) groups is 6. The largest absolute Gasteiger partial charge is 0.490 e. The zero-order chi connectivity index (χ0) is 34.9. The molecule has 0 aromatic heterocycles. The van der Waals surface area contributed by atoms with Crippen molar-refractivity contribution in [2.45, 2.75) is 57.8 Å². The number of likely N-dealkylation sites (tertiary alicyclic amines) is 1. The van der Waals surface area contributed by atoms with Gasteiger partial charge in [0.05, 0.1) is 12.1 Å². The number of amides is 3. The van der Waals surface area contributed by atoms with Gasteiger partial charge in [-0.1, -0.05) is 50.2 Å². The van der Waals surface area contributed by atoms with Crippen molar-refractivity contribution < 1.29 is 47.0 Å². The Balaban J connectivity index is 0.000000771. The van der Waals surface area contributed by atoms with Crippen molar-refractivity contribution >= 4 is 40.9 Å². The Labute approximate surface area is 269 Å². The topological polar surface area (TPSA) is 188 Å². The number of carboxylic acids is 1. The zero-order valence-corrected chi connectivity index (χ0v) is 26.0. The molecule has 254 valence electrons. The predicted molar refractivity (Wildman–Crippen MR) is 165 cm³/mol. The standard InChI is InChI=1S/C30H37N5O5.C2HF3O2/c1-18(2)16-23(34-25(36)17-31)30(40)35-15-6-12-24(35)29(39)33-14-7-13-32-22-11-5-10-21-26(22)28(38)20-9-4-3-8-19(20)27(21)37;3-2(4,5)1(6)7/h3-5,8-11,18,23-24,32H,6-7,12-17,31H2,1-2H3,(H,33,39)(H,34,36);(H,6,7)/t23-,24-;/m0./s1. The molecule has 1 heterocycles. The highest BCUT2D eigenvalue weighted by Crippen LogP contribution is 2.32. The van der Waals surface area contributed by atoms with E-state index in [1.807, 2.05) is 13.8 Å². The number of rotatable bonds is 11. The molecule has 2 atom stereocenters. The summed E-state index contributed by atoms with van der Waals surface area (Å²) in [6, 6.07) is 10.7. The number of carboxylic acid groups (broad SMARTS) is 1. The molecule has 1 aliphatic heterocycles. The molecular formula is C32H38F3N5O7. The molecule has 1 saturated heterocycles. The van der Waals surface area contributed by atoms with Crippen LogP contribution in [0.5, 0.6) is 0 Å². The SMILES string of the molecule is CC(C)C[C@H](NC(=O)CN)C(=O)N1CCC[C@H]1C(=O)NCCCNc1cccc2c1C(=O)c1ccccc1C2=O.O=C(O)C(F)(F)F. The van der Waals surface area contributed by atoms with Crippen molar-refractivity contribution in [2.24, 2.45) is 11.7 Å². The molecule has 0 spiro atoms. The molecule has 2 aliphatic rings. The van der Waals surface area contributed by atoms with E-state index >= 15 is 0 Å². The molecule has 1 aliphatic carbocycles. The number of alkyl halides is 3. The van der Waals surface area contributed by atoms with Crippen molar-refractivity contribution in [3.8, 4) is 0 Å². The molecule has 2 aromatic carbocycles. The molecule has 6 N–H and O–H groups in total. The fourth-order valence-electron chi connectivity index (χ4n) is 5.38. The third kappa shape index (κ3) is 9.37. The van der Waals surface area contributed by atoms with Gasteiger partial charge < -0.3 is 31.7 Å². The Hall–Kier alpha value is -4.79. The maximum Gasteiger partial charge on any atom is 0.490 e. The fraction of sp³-hybridized carbons (Fsp3) is 0.438. The molecular weight excluding hydrogens is 623 g/mol. The van der Waals surface area contributed by atoms with E-state index in [0.29, 0.717) is 73.3 Å². The van der Waals surface area contributed by atoms with Crippen molar-refractivity contribution in [3.63, 3.8) is 0 Å². The van der Waals surface area contributed by atoms with Crippen LogP contribution < -0.4 is 21.7 Å². The van der Waals surface area contributed by atoms with Gasteiger partial charge in [0.1, 0.15) is 12.1 Å². The predicted octanol–water partition coefficient (Wildman–Crippen LogP) is 2.49. The van der Waals surface area contributed by atoms with E-state index in [9.17, 15) is 37.1 Å². The number of benzene rings is 2. The maximum absolute atomic E-state index is 13.3. The second-order valence-corrected chi connectivity index (χ2v) is 11.4. The number of nitrogens with one attached hydrogen (secondary N) is 3. The van der Waals surface area contributed by atoms with E-state index in [2.05, 4.69) is 16.0 Å². The number of anilines is 1. The Morgan fingerprint density at radius 3 is 2.19 bits per heavy atom. The van der Waals surface area contributed by atoms with E-state index in [4.69, 9.17) is 15.6 Å². The quantitative estimate of drug-likeness (QED) is 0.192. The van der Waals surface area contributed by atoms with Crippen molar-refractivity contribution in [1.29, 1.82) is 0 Å². The molecule has 15 heteroatoms. The van der Waals surface area contributed by atoms with Gasteiger partial charge in [-0.15, -0.1) is 0 Å². The van der Waals surface area contributed by atoms with Crippen LogP contribution in [0, 0.1) is 5.92 Å². The Kier molecular flexibility index (Phi) is 12.6. The maximum atomic E-state index is 13.3. The first-order chi connectivity index (χ1) is 22.2. The Morgan fingerprint density at radius 2 is 1.60 bits per heavy atom. The van der Waals surface area contributed by atoms with Gasteiger partial charge in [-0.25, -0.2) is 4.79 Å². The minimum atomic E-state index is -5.08. The lowest BCUT2D eigenvalue weighted by atomic mass is 9.83. The van der Waals surface area contributed by atoms with Gasteiger partial charge in [0.2, 0.25) is 17.7 Å². The van der Waals surface area contributed by atoms with Gasteiger partial charge in [0, 0.05) is 42.0 Å². The fourth-order valence-corrected chi connectivity index (χ4v) is 5.38. The number of hydrogen-bond donors (Lipinski definition) is 5. The Bertz CT molecular complexity index is 1510. The van der Waals surface area contributed by atoms with E-state index in [1.54, 1.807) is 47.4 Å². The summed E-state index contributed by atoms with van der Waals surface area (Å²) in [5.41, 5.74) is 7.57. The molecule has 0 unspecified atom stereocenters. The number of hydrogen-bond acceptors (Lipinski definition) is 8. The summed E-state index contributed by atoms with van der Waals surface area (Å²) in [6.07, 6.45) is -2.79. The Morgan fingerprint density at radius 1 is 0.979 bits per heavy atom. The third-order valence-corrected chi connectivity index (χ3v) is 7.53. The molecule has 2 aromatic rings. The van der Waals surface area contributed by atoms with Gasteiger partial charge in [0.15, 0.2) is 11.6 Å². The van der Waals surface area contributed by atoms with Gasteiger partial charge in [-0.2, -0.15) is 13.2 Å². The molecule has 0 bridgehead atoms. The lowest BCUT2D eigenvalue weighted by Crippen LogP contribution is -2.54. The van der Waals surface area contributed by atoms with Gasteiger partial charge in [-0.05, 0) is 37.7 Å². The second kappa shape index (κ2) is 16.2. The van der Waals surface area contributed by atoms with Gasteiger partial charge in [-0.3, -0.25) is 24.0 Å². The third-order valence-electron chi connectivity index (χ3n) is 7.53. The molecule has 3 amide bonds. The van der Waals surface area contributed by atoms with Crippen LogP contribution in [0.25, 0.3) is 0 Å². The molecule has 4 rings (SSSR count). The van der Waals surface area contributed by atoms with E-state index in [1.165, 1.54) is 0 Å². The lowest BCUT2D eigenvalue weighted by Gasteiger charge is -2.29. The highest BCUT2D eigenvalue weighted by atomic mass is 19.4. The average Bonchev–Trinajstić information content (AvgIpc) is 3.52. The summed E-state index contributed by atoms with van der Waals surface area (Å²) in [5.74, 6) is -3.83.